The molecule has 0 bridgehead atoms. The van der Waals surface area contributed by atoms with Crippen LogP contribution in [0.5, 0.6) is 0 Å². The fourth-order valence-corrected chi connectivity index (χ4v) is 7.85. The summed E-state index contributed by atoms with van der Waals surface area (Å²) in [7, 11) is 0. The Morgan fingerprint density at radius 1 is 0.574 bits per heavy atom. The number of furan rings is 1. The summed E-state index contributed by atoms with van der Waals surface area (Å²) in [5.41, 5.74) is 13.9. The Labute approximate surface area is 271 Å². The van der Waals surface area contributed by atoms with Gasteiger partial charge in [0.1, 0.15) is 16.8 Å². The number of nitrogens with zero attached hydrogens (tertiary/aromatic N) is 3. The largest absolute Gasteiger partial charge is 0.452 e. The highest BCUT2D eigenvalue weighted by atomic mass is 16.3. The zero-order valence-corrected chi connectivity index (χ0v) is 26.0. The molecule has 0 spiro atoms. The predicted molar refractivity (Wildman–Crippen MR) is 192 cm³/mol. The van der Waals surface area contributed by atoms with E-state index in [2.05, 4.69) is 122 Å². The van der Waals surface area contributed by atoms with Gasteiger partial charge in [-0.05, 0) is 64.7 Å². The summed E-state index contributed by atoms with van der Waals surface area (Å²) >= 11 is 0. The quantitative estimate of drug-likeness (QED) is 0.202. The minimum atomic E-state index is -0.137. The first-order valence-corrected chi connectivity index (χ1v) is 16.1. The van der Waals surface area contributed by atoms with Crippen LogP contribution in [0.2, 0.25) is 0 Å². The molecule has 0 saturated heterocycles. The zero-order chi connectivity index (χ0) is 31.3. The molecular weight excluding hydrogens is 574 g/mol. The van der Waals surface area contributed by atoms with Gasteiger partial charge in [-0.2, -0.15) is 0 Å². The zero-order valence-electron chi connectivity index (χ0n) is 26.0. The number of hydrogen-bond acceptors (Lipinski definition) is 3. The number of fused-ring (bicyclic) bond motifs is 10. The average molecular weight is 604 g/mol. The summed E-state index contributed by atoms with van der Waals surface area (Å²) in [6.45, 7) is 4.72. The van der Waals surface area contributed by atoms with E-state index in [1.54, 1.807) is 0 Å². The summed E-state index contributed by atoms with van der Waals surface area (Å²) in [5, 5.41) is 3.52. The summed E-state index contributed by atoms with van der Waals surface area (Å²) in [5.74, 6) is 0.675. The molecule has 0 atom stereocenters. The lowest BCUT2D eigenvalue weighted by Gasteiger charge is -2.23. The molecule has 222 valence electrons. The van der Waals surface area contributed by atoms with Gasteiger partial charge in [0.05, 0.1) is 11.0 Å². The van der Waals surface area contributed by atoms with Crippen LogP contribution in [-0.4, -0.2) is 14.5 Å². The maximum Gasteiger partial charge on any atom is 0.180 e. The van der Waals surface area contributed by atoms with Crippen LogP contribution >= 0.6 is 0 Å². The molecule has 3 aromatic heterocycles. The van der Waals surface area contributed by atoms with Crippen molar-refractivity contribution in [1.82, 2.24) is 14.5 Å². The van der Waals surface area contributed by atoms with Gasteiger partial charge in [-0.25, -0.2) is 9.97 Å². The molecule has 1 aliphatic rings. The van der Waals surface area contributed by atoms with E-state index in [0.717, 1.165) is 39.0 Å². The summed E-state index contributed by atoms with van der Waals surface area (Å²) in [4.78, 5) is 10.2. The van der Waals surface area contributed by atoms with Gasteiger partial charge in [0.25, 0.3) is 0 Å². The van der Waals surface area contributed by atoms with Gasteiger partial charge >= 0.3 is 0 Å². The topological polar surface area (TPSA) is 43.9 Å². The number of para-hydroxylation sites is 2. The maximum absolute atomic E-state index is 6.33. The van der Waals surface area contributed by atoms with Gasteiger partial charge in [-0.15, -0.1) is 0 Å². The standard InChI is InChI=1S/C43H29N3O/c1-43(2)34-17-9-6-14-29(34)31-24-25-32-30-15-7-10-18-35(30)46(40(32)37(31)43)28-22-20-27(21-23-28)42-44-38(26-12-4-3-5-13-26)41-39(45-42)33-16-8-11-19-36(33)47-41/h3-25H,1-2H3. The van der Waals surface area contributed by atoms with Gasteiger partial charge in [0, 0.05) is 38.4 Å². The number of rotatable bonds is 3. The lowest BCUT2D eigenvalue weighted by Crippen LogP contribution is -2.16. The van der Waals surface area contributed by atoms with Crippen LogP contribution in [0.25, 0.3) is 83.3 Å². The second kappa shape index (κ2) is 9.51. The van der Waals surface area contributed by atoms with Gasteiger partial charge in [-0.3, -0.25) is 0 Å². The lowest BCUT2D eigenvalue weighted by atomic mass is 9.81. The van der Waals surface area contributed by atoms with E-state index in [1.807, 2.05) is 36.4 Å². The third-order valence-electron chi connectivity index (χ3n) is 10.0. The third-order valence-corrected chi connectivity index (χ3v) is 10.0. The molecule has 10 rings (SSSR count). The average Bonchev–Trinajstić information content (AvgIpc) is 3.74. The van der Waals surface area contributed by atoms with E-state index >= 15 is 0 Å². The smallest absolute Gasteiger partial charge is 0.180 e. The first kappa shape index (κ1) is 26.2. The Balaban J connectivity index is 1.19. The molecule has 4 heteroatoms. The Morgan fingerprint density at radius 2 is 1.30 bits per heavy atom. The number of benzene rings is 6. The van der Waals surface area contributed by atoms with Crippen LogP contribution in [-0.2, 0) is 5.41 Å². The SMILES string of the molecule is CC1(C)c2ccccc2-c2ccc3c4ccccc4n(-c4ccc(-c5nc(-c6ccccc6)c6oc7ccccc7c6n5)cc4)c3c21. The molecule has 0 fully saturated rings. The monoisotopic (exact) mass is 603 g/mol. The van der Waals surface area contributed by atoms with E-state index in [1.165, 1.54) is 44.1 Å². The Hall–Kier alpha value is -6.00. The molecule has 0 N–H and O–H groups in total. The van der Waals surface area contributed by atoms with Gasteiger partial charge in [0.2, 0.25) is 0 Å². The van der Waals surface area contributed by atoms with E-state index in [4.69, 9.17) is 14.4 Å². The molecule has 1 aliphatic carbocycles. The minimum Gasteiger partial charge on any atom is -0.452 e. The molecule has 9 aromatic rings. The van der Waals surface area contributed by atoms with Crippen LogP contribution in [0.3, 0.4) is 0 Å². The van der Waals surface area contributed by atoms with Gasteiger partial charge in [-0.1, -0.05) is 111 Å². The van der Waals surface area contributed by atoms with Crippen molar-refractivity contribution in [3.05, 3.63) is 151 Å². The fraction of sp³-hybridized carbons (Fsp3) is 0.0698. The van der Waals surface area contributed by atoms with Crippen molar-refractivity contribution in [1.29, 1.82) is 0 Å². The predicted octanol–water partition coefficient (Wildman–Crippen LogP) is 11.1. The Morgan fingerprint density at radius 3 is 2.15 bits per heavy atom. The molecule has 0 aliphatic heterocycles. The van der Waals surface area contributed by atoms with Crippen LogP contribution < -0.4 is 0 Å². The van der Waals surface area contributed by atoms with Crippen molar-refractivity contribution >= 4 is 43.9 Å². The van der Waals surface area contributed by atoms with Crippen molar-refractivity contribution in [3.8, 4) is 39.5 Å². The van der Waals surface area contributed by atoms with E-state index in [-0.39, 0.29) is 5.41 Å². The summed E-state index contributed by atoms with van der Waals surface area (Å²) in [6.07, 6.45) is 0. The molecule has 3 heterocycles. The van der Waals surface area contributed by atoms with E-state index in [9.17, 15) is 0 Å². The van der Waals surface area contributed by atoms with Crippen molar-refractivity contribution in [2.45, 2.75) is 19.3 Å². The Kier molecular flexibility index (Phi) is 5.31. The second-order valence-corrected chi connectivity index (χ2v) is 13.0. The third kappa shape index (κ3) is 3.64. The van der Waals surface area contributed by atoms with Crippen LogP contribution in [0.15, 0.2) is 144 Å². The number of hydrogen-bond donors (Lipinski definition) is 0. The highest BCUT2D eigenvalue weighted by Crippen LogP contribution is 2.52. The second-order valence-electron chi connectivity index (χ2n) is 13.0. The molecule has 0 unspecified atom stereocenters. The van der Waals surface area contributed by atoms with Crippen molar-refractivity contribution in [2.75, 3.05) is 0 Å². The van der Waals surface area contributed by atoms with Crippen molar-refractivity contribution < 1.29 is 4.42 Å². The Bertz CT molecular complexity index is 2700. The summed E-state index contributed by atoms with van der Waals surface area (Å²) < 4.78 is 8.78. The molecule has 0 saturated carbocycles. The van der Waals surface area contributed by atoms with E-state index in [0.29, 0.717) is 11.4 Å². The first-order chi connectivity index (χ1) is 23.1. The minimum absolute atomic E-state index is 0.137. The van der Waals surface area contributed by atoms with Crippen LogP contribution in [0.1, 0.15) is 25.0 Å². The van der Waals surface area contributed by atoms with Crippen LogP contribution in [0.4, 0.5) is 0 Å². The molecule has 4 nitrogen and oxygen atoms in total. The first-order valence-electron chi connectivity index (χ1n) is 16.1. The lowest BCUT2D eigenvalue weighted by molar-refractivity contribution is 0.664. The normalized spacial score (nSPS) is 13.5. The highest BCUT2D eigenvalue weighted by Gasteiger charge is 2.38. The molecular formula is C43H29N3O. The maximum atomic E-state index is 6.33. The molecule has 6 aromatic carbocycles. The van der Waals surface area contributed by atoms with Crippen molar-refractivity contribution in [3.63, 3.8) is 0 Å². The highest BCUT2D eigenvalue weighted by molar-refractivity contribution is 6.13. The molecule has 0 amide bonds. The van der Waals surface area contributed by atoms with Crippen molar-refractivity contribution in [2.24, 2.45) is 0 Å². The van der Waals surface area contributed by atoms with Crippen LogP contribution in [0, 0.1) is 0 Å². The van der Waals surface area contributed by atoms with Gasteiger partial charge < -0.3 is 8.98 Å². The number of aromatic nitrogens is 3. The molecule has 47 heavy (non-hydrogen) atoms. The molecule has 0 radical (unpaired) electrons. The van der Waals surface area contributed by atoms with E-state index < -0.39 is 0 Å². The van der Waals surface area contributed by atoms with Gasteiger partial charge in [0.15, 0.2) is 11.4 Å². The fourth-order valence-electron chi connectivity index (χ4n) is 7.85. The summed E-state index contributed by atoms with van der Waals surface area (Å²) in [6, 6.07) is 49.2.